The lowest BCUT2D eigenvalue weighted by atomic mass is 9.98. The predicted octanol–water partition coefficient (Wildman–Crippen LogP) is 13.5. The van der Waals surface area contributed by atoms with Crippen molar-refractivity contribution in [2.75, 3.05) is 33.0 Å². The number of ether oxygens (including phenoxy) is 6. The Kier molecular flexibility index (Phi) is 49.3. The first-order chi connectivity index (χ1) is 38.6. The van der Waals surface area contributed by atoms with Crippen LogP contribution < -0.4 is 0 Å². The fourth-order valence-corrected chi connectivity index (χ4v) is 11.2. The van der Waals surface area contributed by atoms with Crippen LogP contribution in [0.3, 0.4) is 0 Å². The molecule has 0 radical (unpaired) electrons. The monoisotopic (exact) mass is 1130 g/mol. The van der Waals surface area contributed by atoms with Gasteiger partial charge < -0.3 is 64.2 Å². The maximum Gasteiger partial charge on any atom is 0.306 e. The number of carbonyl (C=O) groups excluding carboxylic acids is 1. The number of unbranched alkanes of at least 4 members (excludes halogenated alkanes) is 43. The Morgan fingerprint density at radius 3 is 1.03 bits per heavy atom. The first-order valence-electron chi connectivity index (χ1n) is 33.6. The van der Waals surface area contributed by atoms with E-state index >= 15 is 0 Å². The third-order valence-electron chi connectivity index (χ3n) is 16.6. The molecule has 0 aromatic heterocycles. The van der Waals surface area contributed by atoms with Crippen molar-refractivity contribution >= 4 is 5.97 Å². The second-order valence-corrected chi connectivity index (χ2v) is 24.0. The zero-order chi connectivity index (χ0) is 57.2. The zero-order valence-corrected chi connectivity index (χ0v) is 50.9. The van der Waals surface area contributed by atoms with E-state index < -0.39 is 80.7 Å². The number of rotatable bonds is 57. The highest BCUT2D eigenvalue weighted by Crippen LogP contribution is 2.27. The summed E-state index contributed by atoms with van der Waals surface area (Å²) < 4.78 is 34.5. The fourth-order valence-electron chi connectivity index (χ4n) is 11.2. The molecular weight excluding hydrogens is 1000 g/mol. The van der Waals surface area contributed by atoms with Gasteiger partial charge >= 0.3 is 5.97 Å². The predicted molar refractivity (Wildman–Crippen MR) is 317 cm³/mol. The third-order valence-corrected chi connectivity index (χ3v) is 16.6. The van der Waals surface area contributed by atoms with Gasteiger partial charge in [-0.25, -0.2) is 0 Å². The topological polar surface area (TPSA) is 214 Å². The summed E-state index contributed by atoms with van der Waals surface area (Å²) in [7, 11) is 0. The summed E-state index contributed by atoms with van der Waals surface area (Å²) in [6.07, 6.45) is 43.2. The first kappa shape index (κ1) is 74.1. The Morgan fingerprint density at radius 2 is 0.671 bits per heavy atom. The molecule has 7 N–H and O–H groups in total. The van der Waals surface area contributed by atoms with Crippen molar-refractivity contribution in [1.82, 2.24) is 0 Å². The van der Waals surface area contributed by atoms with Crippen LogP contribution in [0.2, 0.25) is 0 Å². The van der Waals surface area contributed by atoms with Crippen molar-refractivity contribution in [1.29, 1.82) is 0 Å². The van der Waals surface area contributed by atoms with E-state index in [0.717, 1.165) is 44.9 Å². The van der Waals surface area contributed by atoms with Crippen LogP contribution in [0.25, 0.3) is 0 Å². The van der Waals surface area contributed by atoms with Gasteiger partial charge in [0.25, 0.3) is 0 Å². The highest BCUT2D eigenvalue weighted by atomic mass is 16.7. The molecule has 0 aromatic rings. The average Bonchev–Trinajstić information content (AvgIpc) is 3.46. The van der Waals surface area contributed by atoms with Crippen molar-refractivity contribution in [2.45, 2.75) is 377 Å². The summed E-state index contributed by atoms with van der Waals surface area (Å²) in [5, 5.41) is 72.5. The number of hydrogen-bond donors (Lipinski definition) is 7. The number of aliphatic hydroxyl groups excluding tert-OH is 7. The number of hydrogen-bond acceptors (Lipinski definition) is 14. The van der Waals surface area contributed by atoms with Crippen LogP contribution in [0, 0.1) is 0 Å². The highest BCUT2D eigenvalue weighted by molar-refractivity contribution is 5.69. The maximum absolute atomic E-state index is 13.1. The molecule has 0 bridgehead atoms. The molecule has 11 atom stereocenters. The molecule has 2 saturated heterocycles. The van der Waals surface area contributed by atoms with Gasteiger partial charge in [-0.3, -0.25) is 4.79 Å². The second-order valence-electron chi connectivity index (χ2n) is 24.0. The van der Waals surface area contributed by atoms with Crippen molar-refractivity contribution in [2.24, 2.45) is 0 Å². The standard InChI is InChI=1S/C65H126O14/c1-3-5-7-9-11-13-15-17-19-21-23-25-26-27-28-30-32-34-36-38-40-42-44-46-48-57(67)77-54(51-74-49-47-45-43-41-39-37-35-33-31-29-24-22-20-18-16-14-12-10-8-6-4-2)52-75-64-63(73)61(71)59(69)56(79-64)53-76-65-62(72)60(70)58(68)55(50-66)78-65/h54-56,58-66,68-73H,3-53H2,1-2H3. The molecule has 0 aromatic carbocycles. The van der Waals surface area contributed by atoms with Crippen molar-refractivity contribution in [3.63, 3.8) is 0 Å². The Hall–Kier alpha value is -1.01. The Labute approximate surface area is 482 Å². The largest absolute Gasteiger partial charge is 0.457 e. The Bertz CT molecular complexity index is 1310. The van der Waals surface area contributed by atoms with Crippen LogP contribution in [-0.2, 0) is 33.2 Å². The maximum atomic E-state index is 13.1. The first-order valence-corrected chi connectivity index (χ1v) is 33.6. The van der Waals surface area contributed by atoms with E-state index in [1.165, 1.54) is 244 Å². The molecule has 0 saturated carbocycles. The zero-order valence-electron chi connectivity index (χ0n) is 50.9. The molecule has 2 aliphatic rings. The molecule has 0 aliphatic carbocycles. The lowest BCUT2D eigenvalue weighted by molar-refractivity contribution is -0.332. The van der Waals surface area contributed by atoms with Crippen LogP contribution >= 0.6 is 0 Å². The molecule has 11 unspecified atom stereocenters. The van der Waals surface area contributed by atoms with Gasteiger partial charge in [0.2, 0.25) is 0 Å². The van der Waals surface area contributed by atoms with Gasteiger partial charge in [-0.2, -0.15) is 0 Å². The van der Waals surface area contributed by atoms with Gasteiger partial charge in [-0.1, -0.05) is 290 Å². The second kappa shape index (κ2) is 52.5. The number of aliphatic hydroxyl groups is 7. The number of esters is 1. The SMILES string of the molecule is CCCCCCCCCCCCCCCCCCCCCCCCCCC(=O)OC(COCCCCCCCCCCCCCCCCCCCCCCC)COC1OC(COC2OC(CO)C(O)C(O)C2O)C(O)C(O)C1O. The summed E-state index contributed by atoms with van der Waals surface area (Å²) in [5.74, 6) is -0.364. The van der Waals surface area contributed by atoms with Crippen molar-refractivity contribution in [3.8, 4) is 0 Å². The molecule has 2 heterocycles. The van der Waals surface area contributed by atoms with Crippen LogP contribution in [0.1, 0.15) is 309 Å². The normalized spacial score (nSPS) is 23.9. The van der Waals surface area contributed by atoms with E-state index in [1.807, 2.05) is 0 Å². The number of carbonyl (C=O) groups is 1. The minimum absolute atomic E-state index is 0.0714. The smallest absolute Gasteiger partial charge is 0.306 e. The van der Waals surface area contributed by atoms with Crippen LogP contribution in [0.4, 0.5) is 0 Å². The minimum atomic E-state index is -1.70. The lowest BCUT2D eigenvalue weighted by Gasteiger charge is -2.42. The van der Waals surface area contributed by atoms with Gasteiger partial charge in [0.15, 0.2) is 12.6 Å². The molecule has 14 nitrogen and oxygen atoms in total. The van der Waals surface area contributed by atoms with Gasteiger partial charge in [-0.05, 0) is 12.8 Å². The third kappa shape index (κ3) is 38.5. The molecule has 2 aliphatic heterocycles. The van der Waals surface area contributed by atoms with Crippen LogP contribution in [-0.4, -0.2) is 142 Å². The van der Waals surface area contributed by atoms with Gasteiger partial charge in [0.05, 0.1) is 26.4 Å². The van der Waals surface area contributed by atoms with E-state index in [-0.39, 0.29) is 25.6 Å². The minimum Gasteiger partial charge on any atom is -0.457 e. The summed E-state index contributed by atoms with van der Waals surface area (Å²) >= 11 is 0. The van der Waals surface area contributed by atoms with Crippen LogP contribution in [0.5, 0.6) is 0 Å². The fraction of sp³-hybridized carbons (Fsp3) is 0.985. The molecule has 0 amide bonds. The summed E-state index contributed by atoms with van der Waals surface area (Å²) in [5.41, 5.74) is 0. The van der Waals surface area contributed by atoms with E-state index in [2.05, 4.69) is 13.8 Å². The quantitative estimate of drug-likeness (QED) is 0.0223. The van der Waals surface area contributed by atoms with E-state index in [9.17, 15) is 40.5 Å². The molecule has 2 fully saturated rings. The highest BCUT2D eigenvalue weighted by Gasteiger charge is 2.47. The van der Waals surface area contributed by atoms with Gasteiger partial charge in [0, 0.05) is 13.0 Å². The Morgan fingerprint density at radius 1 is 0.367 bits per heavy atom. The Balaban J connectivity index is 1.64. The molecule has 14 heteroatoms. The summed E-state index contributed by atoms with van der Waals surface area (Å²) in [6, 6.07) is 0. The molecule has 2 rings (SSSR count). The van der Waals surface area contributed by atoms with E-state index in [4.69, 9.17) is 28.4 Å². The van der Waals surface area contributed by atoms with Crippen LogP contribution in [0.15, 0.2) is 0 Å². The average molecular weight is 1130 g/mol. The van der Waals surface area contributed by atoms with E-state index in [1.54, 1.807) is 0 Å². The van der Waals surface area contributed by atoms with E-state index in [0.29, 0.717) is 6.61 Å². The van der Waals surface area contributed by atoms with Crippen molar-refractivity contribution < 1.29 is 69.0 Å². The molecule has 79 heavy (non-hydrogen) atoms. The summed E-state index contributed by atoms with van der Waals surface area (Å²) in [4.78, 5) is 13.1. The molecule has 0 spiro atoms. The van der Waals surface area contributed by atoms with Gasteiger partial charge in [-0.15, -0.1) is 0 Å². The van der Waals surface area contributed by atoms with Gasteiger partial charge in [0.1, 0.15) is 54.9 Å². The summed E-state index contributed by atoms with van der Waals surface area (Å²) in [6.45, 7) is 3.79. The van der Waals surface area contributed by atoms with Crippen molar-refractivity contribution in [3.05, 3.63) is 0 Å². The molecular formula is C65H126O14. The lowest BCUT2D eigenvalue weighted by Crippen LogP contribution is -2.61. The molecule has 470 valence electrons.